The highest BCUT2D eigenvalue weighted by molar-refractivity contribution is 9.10. The number of anilines is 1. The maximum absolute atomic E-state index is 13.9. The van der Waals surface area contributed by atoms with Crippen molar-refractivity contribution in [2.75, 3.05) is 4.90 Å². The third-order valence-electron chi connectivity index (χ3n) is 7.24. The molecule has 1 fully saturated rings. The highest BCUT2D eigenvalue weighted by Gasteiger charge is 2.75. The lowest BCUT2D eigenvalue weighted by Gasteiger charge is -2.48. The van der Waals surface area contributed by atoms with Crippen molar-refractivity contribution in [3.8, 4) is 0 Å². The highest BCUT2D eigenvalue weighted by atomic mass is 79.9. The SMILES string of the molecule is O=C1[C@@H]2C3c4ccccc4C([N+](=O)[O-])(c4ccccc43)[C@H]2C(=O)N1c1ccc(Br)cc1[N+](=O)[O-]. The lowest BCUT2D eigenvalue weighted by molar-refractivity contribution is -0.578. The van der Waals surface area contributed by atoms with Crippen molar-refractivity contribution in [3.05, 3.63) is 114 Å². The van der Waals surface area contributed by atoms with Crippen LogP contribution in [0.2, 0.25) is 0 Å². The highest BCUT2D eigenvalue weighted by Crippen LogP contribution is 2.64. The van der Waals surface area contributed by atoms with Gasteiger partial charge in [0.2, 0.25) is 11.8 Å². The first-order valence-corrected chi connectivity index (χ1v) is 11.2. The second kappa shape index (κ2) is 6.80. The summed E-state index contributed by atoms with van der Waals surface area (Å²) in [5.41, 5.74) is -0.564. The average molecular weight is 520 g/mol. The number of hydrogen-bond donors (Lipinski definition) is 0. The Balaban J connectivity index is 1.66. The molecule has 34 heavy (non-hydrogen) atoms. The predicted octanol–water partition coefficient (Wildman–Crippen LogP) is 4.14. The molecule has 3 aliphatic carbocycles. The normalized spacial score (nSPS) is 26.1. The summed E-state index contributed by atoms with van der Waals surface area (Å²) < 4.78 is 0.404. The summed E-state index contributed by atoms with van der Waals surface area (Å²) in [4.78, 5) is 52.0. The van der Waals surface area contributed by atoms with Gasteiger partial charge in [0.1, 0.15) is 11.6 Å². The van der Waals surface area contributed by atoms with Gasteiger partial charge in [-0.05, 0) is 23.3 Å². The van der Waals surface area contributed by atoms with Crippen molar-refractivity contribution in [2.24, 2.45) is 11.8 Å². The fraction of sp³-hybridized carbons (Fsp3) is 0.167. The van der Waals surface area contributed by atoms with E-state index < -0.39 is 50.6 Å². The molecule has 1 saturated heterocycles. The van der Waals surface area contributed by atoms with Crippen LogP contribution in [0, 0.1) is 32.1 Å². The van der Waals surface area contributed by atoms with E-state index in [1.807, 2.05) is 0 Å². The first kappa shape index (κ1) is 20.7. The molecule has 2 amide bonds. The van der Waals surface area contributed by atoms with Crippen molar-refractivity contribution < 1.29 is 19.4 Å². The zero-order valence-electron chi connectivity index (χ0n) is 17.3. The number of nitro benzene ring substituents is 1. The van der Waals surface area contributed by atoms with E-state index in [4.69, 9.17) is 0 Å². The summed E-state index contributed by atoms with van der Waals surface area (Å²) in [5, 5.41) is 24.7. The second-order valence-corrected chi connectivity index (χ2v) is 9.50. The van der Waals surface area contributed by atoms with Crippen molar-refractivity contribution in [1.82, 2.24) is 0 Å². The Kier molecular flexibility index (Phi) is 4.13. The van der Waals surface area contributed by atoms with E-state index in [1.54, 1.807) is 48.5 Å². The Hall–Kier alpha value is -3.92. The first-order valence-electron chi connectivity index (χ1n) is 10.4. The van der Waals surface area contributed by atoms with E-state index in [1.165, 1.54) is 18.2 Å². The van der Waals surface area contributed by atoms with Gasteiger partial charge in [0.25, 0.3) is 11.2 Å². The molecular formula is C24H14BrN3O6. The largest absolute Gasteiger partial charge is 0.294 e. The van der Waals surface area contributed by atoms with E-state index in [2.05, 4.69) is 15.9 Å². The van der Waals surface area contributed by atoms with Crippen LogP contribution >= 0.6 is 15.9 Å². The monoisotopic (exact) mass is 519 g/mol. The minimum absolute atomic E-state index is 0.191. The molecule has 3 aromatic carbocycles. The zero-order valence-corrected chi connectivity index (χ0v) is 18.8. The molecule has 2 bridgehead atoms. The Labute approximate surface area is 200 Å². The molecule has 0 aromatic heterocycles. The van der Waals surface area contributed by atoms with Crippen LogP contribution in [0.3, 0.4) is 0 Å². The second-order valence-electron chi connectivity index (χ2n) is 8.58. The number of imide groups is 1. The molecule has 3 aromatic rings. The van der Waals surface area contributed by atoms with Crippen molar-refractivity contribution in [2.45, 2.75) is 11.5 Å². The summed E-state index contributed by atoms with van der Waals surface area (Å²) >= 11 is 3.18. The fourth-order valence-electron chi connectivity index (χ4n) is 6.11. The minimum atomic E-state index is -1.97. The molecule has 0 unspecified atom stereocenters. The lowest BCUT2D eigenvalue weighted by atomic mass is 9.51. The van der Waals surface area contributed by atoms with Crippen LogP contribution in [0.15, 0.2) is 71.2 Å². The molecule has 4 aliphatic rings. The van der Waals surface area contributed by atoms with Gasteiger partial charge in [-0.15, -0.1) is 0 Å². The zero-order chi connectivity index (χ0) is 23.9. The molecule has 1 heterocycles. The lowest BCUT2D eigenvalue weighted by Crippen LogP contribution is -2.57. The maximum atomic E-state index is 13.9. The van der Waals surface area contributed by atoms with E-state index in [9.17, 15) is 29.8 Å². The van der Waals surface area contributed by atoms with Crippen molar-refractivity contribution in [3.63, 3.8) is 0 Å². The summed E-state index contributed by atoms with van der Waals surface area (Å²) in [6.45, 7) is 0. The number of amides is 2. The summed E-state index contributed by atoms with van der Waals surface area (Å²) in [6, 6.07) is 17.7. The smallest absolute Gasteiger partial charge is 0.274 e. The third-order valence-corrected chi connectivity index (χ3v) is 7.73. The van der Waals surface area contributed by atoms with Crippen LogP contribution < -0.4 is 4.90 Å². The number of carbonyl (C=O) groups is 2. The number of hydrogen-bond acceptors (Lipinski definition) is 6. The van der Waals surface area contributed by atoms with Crippen LogP contribution in [0.1, 0.15) is 28.2 Å². The van der Waals surface area contributed by atoms with Gasteiger partial charge in [-0.2, -0.15) is 0 Å². The molecule has 7 rings (SSSR count). The summed E-state index contributed by atoms with van der Waals surface area (Å²) in [6.07, 6.45) is 0. The van der Waals surface area contributed by atoms with Crippen molar-refractivity contribution in [1.29, 1.82) is 0 Å². The van der Waals surface area contributed by atoms with Gasteiger partial charge in [0.05, 0.1) is 10.8 Å². The van der Waals surface area contributed by atoms with E-state index >= 15 is 0 Å². The number of nitrogens with zero attached hydrogens (tertiary/aromatic N) is 3. The van der Waals surface area contributed by atoms with E-state index in [0.29, 0.717) is 26.7 Å². The molecule has 168 valence electrons. The Bertz CT molecular complexity index is 1420. The molecule has 0 N–H and O–H groups in total. The molecule has 10 heteroatoms. The van der Waals surface area contributed by atoms with Gasteiger partial charge < -0.3 is 0 Å². The van der Waals surface area contributed by atoms with Gasteiger partial charge in [0.15, 0.2) is 0 Å². The van der Waals surface area contributed by atoms with Crippen LogP contribution in [-0.4, -0.2) is 21.7 Å². The molecule has 0 spiro atoms. The quantitative estimate of drug-likeness (QED) is 0.291. The maximum Gasteiger partial charge on any atom is 0.294 e. The van der Waals surface area contributed by atoms with Crippen LogP contribution in [0.5, 0.6) is 0 Å². The first-order chi connectivity index (χ1) is 16.3. The van der Waals surface area contributed by atoms with E-state index in [0.717, 1.165) is 4.90 Å². The number of rotatable bonds is 3. The van der Waals surface area contributed by atoms with Crippen molar-refractivity contribution >= 4 is 39.1 Å². The van der Waals surface area contributed by atoms with Crippen LogP contribution in [0.25, 0.3) is 0 Å². The van der Waals surface area contributed by atoms with Gasteiger partial charge >= 0.3 is 0 Å². The molecule has 2 atom stereocenters. The van der Waals surface area contributed by atoms with Gasteiger partial charge in [-0.3, -0.25) is 29.8 Å². The topological polar surface area (TPSA) is 124 Å². The van der Waals surface area contributed by atoms with Gasteiger partial charge in [-0.1, -0.05) is 64.5 Å². The average Bonchev–Trinajstić information content (AvgIpc) is 3.09. The minimum Gasteiger partial charge on any atom is -0.274 e. The summed E-state index contributed by atoms with van der Waals surface area (Å²) in [7, 11) is 0. The fourth-order valence-corrected chi connectivity index (χ4v) is 6.46. The number of nitro groups is 2. The Morgan fingerprint density at radius 1 is 0.853 bits per heavy atom. The third kappa shape index (κ3) is 2.28. The van der Waals surface area contributed by atoms with Gasteiger partial charge in [-0.25, -0.2) is 4.90 Å². The Morgan fingerprint density at radius 2 is 1.44 bits per heavy atom. The summed E-state index contributed by atoms with van der Waals surface area (Å²) in [5.74, 6) is -4.42. The molecular weight excluding hydrogens is 506 g/mol. The van der Waals surface area contributed by atoms with Gasteiger partial charge in [0, 0.05) is 32.5 Å². The number of benzene rings is 3. The number of carbonyl (C=O) groups excluding carboxylic acids is 2. The Morgan fingerprint density at radius 3 is 2.00 bits per heavy atom. The molecule has 0 saturated carbocycles. The van der Waals surface area contributed by atoms with E-state index in [-0.39, 0.29) is 5.69 Å². The molecule has 0 radical (unpaired) electrons. The molecule has 9 nitrogen and oxygen atoms in total. The standard InChI is InChI=1S/C24H14BrN3O6/c25-12-9-10-17(18(11-12)27(31)32)26-22(29)20-19-13-5-1-3-7-15(13)24(28(33)34,21(20)23(26)30)16-8-4-2-6-14(16)19/h1-11,19-21H/t19?,20-,21-,24?/m1/s1. The van der Waals surface area contributed by atoms with Crippen LogP contribution in [-0.2, 0) is 15.1 Å². The van der Waals surface area contributed by atoms with Crippen LogP contribution in [0.4, 0.5) is 11.4 Å². The predicted molar refractivity (Wildman–Crippen MR) is 123 cm³/mol. The molecule has 1 aliphatic heterocycles. The number of halogens is 1.